The molecule has 70 valence electrons. The molecule has 2 aliphatic rings. The summed E-state index contributed by atoms with van der Waals surface area (Å²) in [4.78, 5) is 27.6. The van der Waals surface area contributed by atoms with Gasteiger partial charge in [-0.25, -0.2) is 11.0 Å². The highest BCUT2D eigenvalue weighted by atomic mass is 16.8. The molecule has 2 heterocycles. The molecule has 1 amide bonds. The second-order valence-corrected chi connectivity index (χ2v) is 2.58. The lowest BCUT2D eigenvalue weighted by atomic mass is 10.4. The highest BCUT2D eigenvalue weighted by Gasteiger charge is 2.31. The number of hydrogen-bond donors (Lipinski definition) is 3. The smallest absolute Gasteiger partial charge is 0.296 e. The van der Waals surface area contributed by atoms with Crippen LogP contribution in [0.2, 0.25) is 0 Å². The van der Waals surface area contributed by atoms with Crippen molar-refractivity contribution in [1.29, 1.82) is 0 Å². The number of hydrogen-bond acceptors (Lipinski definition) is 6. The van der Waals surface area contributed by atoms with E-state index in [9.17, 15) is 9.59 Å². The number of carbonyl (C=O) groups excluding carboxylic acids is 2. The Kier molecular flexibility index (Phi) is 1.78. The van der Waals surface area contributed by atoms with Gasteiger partial charge >= 0.3 is 0 Å². The second-order valence-electron chi connectivity index (χ2n) is 2.58. The Morgan fingerprint density at radius 2 is 2.38 bits per heavy atom. The first-order valence-electron chi connectivity index (χ1n) is 3.72. The summed E-state index contributed by atoms with van der Waals surface area (Å²) in [6.45, 7) is 0.605. The minimum atomic E-state index is -0.361. The van der Waals surface area contributed by atoms with E-state index < -0.39 is 0 Å². The number of nitrogens with zero attached hydrogens (tertiary/aromatic N) is 1. The van der Waals surface area contributed by atoms with Gasteiger partial charge in [0.1, 0.15) is 12.0 Å². The summed E-state index contributed by atoms with van der Waals surface area (Å²) in [5.41, 5.74) is 5.02. The number of aldehydes is 1. The zero-order chi connectivity index (χ0) is 9.26. The quantitative estimate of drug-likeness (QED) is 0.422. The summed E-state index contributed by atoms with van der Waals surface area (Å²) in [6, 6.07) is 0. The van der Waals surface area contributed by atoms with E-state index in [2.05, 4.69) is 21.2 Å². The molecule has 0 atom stereocenters. The first-order valence-corrected chi connectivity index (χ1v) is 3.72. The third-order valence-electron chi connectivity index (χ3n) is 1.81. The van der Waals surface area contributed by atoms with Gasteiger partial charge in [0, 0.05) is 0 Å². The molecule has 0 aromatic heterocycles. The van der Waals surface area contributed by atoms with Gasteiger partial charge in [-0.3, -0.25) is 4.79 Å². The van der Waals surface area contributed by atoms with Gasteiger partial charge in [-0.05, 0) is 0 Å². The lowest BCUT2D eigenvalue weighted by molar-refractivity contribution is -0.139. The molecule has 3 N–H and O–H groups in total. The minimum Gasteiger partial charge on any atom is -0.351 e. The maximum absolute atomic E-state index is 11.2. The van der Waals surface area contributed by atoms with E-state index in [4.69, 9.17) is 0 Å². The van der Waals surface area contributed by atoms with Crippen molar-refractivity contribution >= 4 is 12.2 Å². The zero-order valence-electron chi connectivity index (χ0n) is 6.66. The molecule has 2 aliphatic heterocycles. The zero-order valence-corrected chi connectivity index (χ0v) is 6.66. The monoisotopic (exact) mass is 184 g/mol. The Morgan fingerprint density at radius 1 is 1.54 bits per heavy atom. The molecule has 0 bridgehead atoms. The molecule has 7 heteroatoms. The molecule has 0 fully saturated rings. The maximum atomic E-state index is 11.2. The summed E-state index contributed by atoms with van der Waals surface area (Å²) in [5, 5.41) is 2.87. The van der Waals surface area contributed by atoms with Crippen LogP contribution in [-0.2, 0) is 14.5 Å². The molecule has 0 aromatic rings. The normalized spacial score (nSPS) is 20.3. The third kappa shape index (κ3) is 1.18. The van der Waals surface area contributed by atoms with Crippen LogP contribution in [0.25, 0.3) is 0 Å². The van der Waals surface area contributed by atoms with Crippen molar-refractivity contribution in [1.82, 2.24) is 21.2 Å². The Labute approximate surface area is 73.6 Å². The summed E-state index contributed by atoms with van der Waals surface area (Å²) in [5.74, 6) is 0.131. The van der Waals surface area contributed by atoms with Crippen LogP contribution in [0.5, 0.6) is 0 Å². The lowest BCUT2D eigenvalue weighted by Crippen LogP contribution is -2.42. The molecule has 0 saturated carbocycles. The highest BCUT2D eigenvalue weighted by molar-refractivity contribution is 5.93. The minimum absolute atomic E-state index is 0.181. The van der Waals surface area contributed by atoms with Gasteiger partial charge in [-0.2, -0.15) is 4.94 Å². The molecule has 13 heavy (non-hydrogen) atoms. The molecule has 0 unspecified atom stereocenters. The Hall–Kier alpha value is -1.76. The van der Waals surface area contributed by atoms with Gasteiger partial charge in [0.2, 0.25) is 0 Å². The van der Waals surface area contributed by atoms with E-state index in [0.29, 0.717) is 18.2 Å². The molecular formula is C6H8N4O3. The molecule has 0 spiro atoms. The van der Waals surface area contributed by atoms with Crippen LogP contribution < -0.4 is 16.3 Å². The van der Waals surface area contributed by atoms with Crippen LogP contribution in [0.4, 0.5) is 0 Å². The van der Waals surface area contributed by atoms with E-state index in [1.807, 2.05) is 0 Å². The van der Waals surface area contributed by atoms with E-state index in [-0.39, 0.29) is 12.5 Å². The lowest BCUT2D eigenvalue weighted by Gasteiger charge is -2.19. The third-order valence-corrected chi connectivity index (χ3v) is 1.81. The van der Waals surface area contributed by atoms with E-state index in [1.165, 1.54) is 0 Å². The topological polar surface area (TPSA) is 82.7 Å². The fourth-order valence-corrected chi connectivity index (χ4v) is 1.25. The summed E-state index contributed by atoms with van der Waals surface area (Å²) in [7, 11) is 0. The van der Waals surface area contributed by atoms with Crippen LogP contribution in [0.1, 0.15) is 0 Å². The van der Waals surface area contributed by atoms with Crippen molar-refractivity contribution in [3.63, 3.8) is 0 Å². The first-order chi connectivity index (χ1) is 6.33. The van der Waals surface area contributed by atoms with Crippen molar-refractivity contribution in [3.05, 3.63) is 11.5 Å². The summed E-state index contributed by atoms with van der Waals surface area (Å²) < 4.78 is 0. The number of amides is 1. The average Bonchev–Trinajstić information content (AvgIpc) is 2.51. The largest absolute Gasteiger partial charge is 0.351 e. The Morgan fingerprint density at radius 3 is 3.15 bits per heavy atom. The summed E-state index contributed by atoms with van der Waals surface area (Å²) in [6.07, 6.45) is 0.736. The number of rotatable bonds is 2. The first kappa shape index (κ1) is 7.87. The molecule has 0 aliphatic carbocycles. The molecule has 2 rings (SSSR count). The van der Waals surface area contributed by atoms with Crippen molar-refractivity contribution in [2.45, 2.75) is 0 Å². The van der Waals surface area contributed by atoms with Crippen LogP contribution in [0.15, 0.2) is 11.5 Å². The van der Waals surface area contributed by atoms with Crippen LogP contribution >= 0.6 is 0 Å². The van der Waals surface area contributed by atoms with Gasteiger partial charge in [0.25, 0.3) is 5.91 Å². The van der Waals surface area contributed by atoms with Crippen LogP contribution in [-0.4, -0.2) is 30.3 Å². The van der Waals surface area contributed by atoms with Crippen LogP contribution in [0.3, 0.4) is 0 Å². The average molecular weight is 184 g/mol. The van der Waals surface area contributed by atoms with Gasteiger partial charge in [-0.1, -0.05) is 0 Å². The molecule has 0 radical (unpaired) electrons. The number of hydroxylamine groups is 2. The van der Waals surface area contributed by atoms with E-state index in [0.717, 1.165) is 6.29 Å². The predicted octanol–water partition coefficient (Wildman–Crippen LogP) is -2.22. The highest BCUT2D eigenvalue weighted by Crippen LogP contribution is 2.14. The van der Waals surface area contributed by atoms with Gasteiger partial charge in [0.05, 0.1) is 13.2 Å². The predicted molar refractivity (Wildman–Crippen MR) is 40.2 cm³/mol. The second kappa shape index (κ2) is 2.94. The standard InChI is InChI=1S/C6H8N4O3/c11-2-1-10-3-7-5-4(10)6(12)9-13-8-5/h2,7-8H,1,3H2,(H,9,12). The van der Waals surface area contributed by atoms with Crippen LogP contribution in [0, 0.1) is 0 Å². The van der Waals surface area contributed by atoms with Crippen molar-refractivity contribution < 1.29 is 14.5 Å². The van der Waals surface area contributed by atoms with Gasteiger partial charge in [-0.15, -0.1) is 0 Å². The fraction of sp³-hybridized carbons (Fsp3) is 0.333. The molecule has 0 aromatic carbocycles. The Balaban J connectivity index is 2.23. The van der Waals surface area contributed by atoms with Crippen molar-refractivity contribution in [3.8, 4) is 0 Å². The Bertz CT molecular complexity index is 288. The SMILES string of the molecule is O=CCN1CNC2=C1C(=O)NON2. The van der Waals surface area contributed by atoms with E-state index in [1.54, 1.807) is 4.90 Å². The van der Waals surface area contributed by atoms with Gasteiger partial charge < -0.3 is 15.0 Å². The number of nitrogens with one attached hydrogen (secondary N) is 3. The van der Waals surface area contributed by atoms with Gasteiger partial charge in [0.15, 0.2) is 5.82 Å². The van der Waals surface area contributed by atoms with Crippen molar-refractivity contribution in [2.24, 2.45) is 0 Å². The molecular weight excluding hydrogens is 176 g/mol. The molecule has 7 nitrogen and oxygen atoms in total. The molecule has 0 saturated heterocycles. The fourth-order valence-electron chi connectivity index (χ4n) is 1.25. The maximum Gasteiger partial charge on any atom is 0.296 e. The number of carbonyl (C=O) groups is 2. The summed E-state index contributed by atoms with van der Waals surface area (Å²) >= 11 is 0. The van der Waals surface area contributed by atoms with Crippen molar-refractivity contribution in [2.75, 3.05) is 13.2 Å². The van der Waals surface area contributed by atoms with E-state index >= 15 is 0 Å².